The average Bonchev–Trinajstić information content (AvgIpc) is 2.24. The van der Waals surface area contributed by atoms with Gasteiger partial charge in [-0.3, -0.25) is 0 Å². The number of ether oxygens (including phenoxy) is 2. The molecule has 0 amide bonds. The summed E-state index contributed by atoms with van der Waals surface area (Å²) in [4.78, 5) is 0. The van der Waals surface area contributed by atoms with Crippen molar-refractivity contribution in [3.05, 3.63) is 0 Å². The van der Waals surface area contributed by atoms with Gasteiger partial charge in [0.05, 0.1) is 6.10 Å². The molecular weight excluding hydrogens is 247 g/mol. The summed E-state index contributed by atoms with van der Waals surface area (Å²) >= 11 is 0. The lowest BCUT2D eigenvalue weighted by Crippen LogP contribution is -2.21. The third-order valence-electron chi connectivity index (χ3n) is 2.11. The lowest BCUT2D eigenvalue weighted by atomic mass is 10.3. The number of nitrogens with one attached hydrogen (secondary N) is 1. The summed E-state index contributed by atoms with van der Waals surface area (Å²) in [5.41, 5.74) is 0. The highest BCUT2D eigenvalue weighted by Crippen LogP contribution is 2.14. The van der Waals surface area contributed by atoms with Crippen LogP contribution in [0.5, 0.6) is 0 Å². The predicted molar refractivity (Wildman–Crippen MR) is 64.7 cm³/mol. The van der Waals surface area contributed by atoms with Crippen molar-refractivity contribution in [3.8, 4) is 0 Å². The molecule has 0 aliphatic carbocycles. The van der Waals surface area contributed by atoms with Crippen molar-refractivity contribution >= 4 is 0 Å². The van der Waals surface area contributed by atoms with E-state index in [4.69, 9.17) is 4.74 Å². The van der Waals surface area contributed by atoms with E-state index < -0.39 is 12.8 Å². The molecule has 18 heavy (non-hydrogen) atoms. The lowest BCUT2D eigenvalue weighted by Gasteiger charge is -2.09. The van der Waals surface area contributed by atoms with Crippen LogP contribution in [0.1, 0.15) is 33.1 Å². The molecule has 6 heteroatoms. The molecule has 0 spiro atoms. The number of unbranched alkanes of at least 4 members (excludes halogenated alkanes) is 1. The third-order valence-corrected chi connectivity index (χ3v) is 2.11. The maximum Gasteiger partial charge on any atom is 0.411 e. The summed E-state index contributed by atoms with van der Waals surface area (Å²) < 4.78 is 45.0. The highest BCUT2D eigenvalue weighted by molar-refractivity contribution is 4.50. The summed E-state index contributed by atoms with van der Waals surface area (Å²) in [6.07, 6.45) is -1.35. The second-order valence-electron chi connectivity index (χ2n) is 4.40. The summed E-state index contributed by atoms with van der Waals surface area (Å²) in [6.45, 7) is 5.29. The molecule has 1 N–H and O–H groups in total. The largest absolute Gasteiger partial charge is 0.411 e. The molecule has 3 nitrogen and oxygen atoms in total. The first kappa shape index (κ1) is 17.7. The van der Waals surface area contributed by atoms with Crippen molar-refractivity contribution in [1.29, 1.82) is 0 Å². The fraction of sp³-hybridized carbons (Fsp3) is 1.00. The van der Waals surface area contributed by atoms with E-state index in [-0.39, 0.29) is 12.7 Å². The normalized spacial score (nSPS) is 12.3. The van der Waals surface area contributed by atoms with E-state index in [2.05, 4.69) is 10.1 Å². The van der Waals surface area contributed by atoms with Gasteiger partial charge >= 0.3 is 6.18 Å². The van der Waals surface area contributed by atoms with E-state index in [1.165, 1.54) is 0 Å². The van der Waals surface area contributed by atoms with Crippen LogP contribution in [-0.2, 0) is 9.47 Å². The molecule has 0 rings (SSSR count). The van der Waals surface area contributed by atoms with E-state index in [0.717, 1.165) is 26.0 Å². The van der Waals surface area contributed by atoms with Gasteiger partial charge in [0, 0.05) is 13.2 Å². The zero-order chi connectivity index (χ0) is 13.9. The minimum Gasteiger partial charge on any atom is -0.379 e. The van der Waals surface area contributed by atoms with Crippen LogP contribution in [0, 0.1) is 0 Å². The van der Waals surface area contributed by atoms with E-state index in [1.54, 1.807) is 0 Å². The Labute approximate surface area is 107 Å². The molecule has 0 heterocycles. The molecule has 110 valence electrons. The Morgan fingerprint density at radius 1 is 1.00 bits per heavy atom. The van der Waals surface area contributed by atoms with Gasteiger partial charge in [0.2, 0.25) is 0 Å². The van der Waals surface area contributed by atoms with Crippen molar-refractivity contribution in [2.75, 3.05) is 32.9 Å². The molecule has 0 bridgehead atoms. The van der Waals surface area contributed by atoms with E-state index >= 15 is 0 Å². The van der Waals surface area contributed by atoms with Gasteiger partial charge in [-0.25, -0.2) is 0 Å². The summed E-state index contributed by atoms with van der Waals surface area (Å²) in [5, 5.41) is 3.15. The number of hydrogen-bond acceptors (Lipinski definition) is 3. The first-order chi connectivity index (χ1) is 8.42. The van der Waals surface area contributed by atoms with Gasteiger partial charge in [-0.1, -0.05) is 0 Å². The number of hydrogen-bond donors (Lipinski definition) is 1. The van der Waals surface area contributed by atoms with Crippen LogP contribution in [0.25, 0.3) is 0 Å². The average molecular weight is 271 g/mol. The van der Waals surface area contributed by atoms with Crippen LogP contribution >= 0.6 is 0 Å². The Morgan fingerprint density at radius 2 is 1.67 bits per heavy atom. The first-order valence-electron chi connectivity index (χ1n) is 6.38. The van der Waals surface area contributed by atoms with Gasteiger partial charge in [0.1, 0.15) is 6.61 Å². The molecule has 0 aromatic carbocycles. The van der Waals surface area contributed by atoms with Crippen LogP contribution in [0.15, 0.2) is 0 Å². The lowest BCUT2D eigenvalue weighted by molar-refractivity contribution is -0.173. The second kappa shape index (κ2) is 10.6. The molecule has 0 aliphatic rings. The predicted octanol–water partition coefficient (Wildman–Crippen LogP) is 2.75. The van der Waals surface area contributed by atoms with E-state index in [0.29, 0.717) is 13.0 Å². The molecular formula is C12H24F3NO2. The van der Waals surface area contributed by atoms with Crippen LogP contribution < -0.4 is 5.32 Å². The van der Waals surface area contributed by atoms with E-state index in [9.17, 15) is 13.2 Å². The van der Waals surface area contributed by atoms with Crippen molar-refractivity contribution in [2.45, 2.75) is 45.4 Å². The Morgan fingerprint density at radius 3 is 2.28 bits per heavy atom. The zero-order valence-corrected chi connectivity index (χ0v) is 11.2. The highest BCUT2D eigenvalue weighted by atomic mass is 19.4. The first-order valence-corrected chi connectivity index (χ1v) is 6.38. The van der Waals surface area contributed by atoms with Gasteiger partial charge in [-0.2, -0.15) is 13.2 Å². The van der Waals surface area contributed by atoms with Gasteiger partial charge in [0.25, 0.3) is 0 Å². The maximum absolute atomic E-state index is 11.7. The smallest absolute Gasteiger partial charge is 0.379 e. The highest BCUT2D eigenvalue weighted by Gasteiger charge is 2.27. The van der Waals surface area contributed by atoms with Gasteiger partial charge in [-0.05, 0) is 46.2 Å². The Bertz CT molecular complexity index is 187. The van der Waals surface area contributed by atoms with Crippen molar-refractivity contribution in [1.82, 2.24) is 5.32 Å². The quantitative estimate of drug-likeness (QED) is 0.586. The Kier molecular flexibility index (Phi) is 10.4. The number of alkyl halides is 3. The SMILES string of the molecule is CC(C)OCCCCNCCCOCC(F)(F)F. The van der Waals surface area contributed by atoms with Crippen LogP contribution in [-0.4, -0.2) is 45.2 Å². The maximum atomic E-state index is 11.7. The molecule has 0 fully saturated rings. The summed E-state index contributed by atoms with van der Waals surface area (Å²) in [5.74, 6) is 0. The topological polar surface area (TPSA) is 30.5 Å². The molecule has 0 unspecified atom stereocenters. The summed E-state index contributed by atoms with van der Waals surface area (Å²) in [7, 11) is 0. The monoisotopic (exact) mass is 271 g/mol. The molecule has 0 atom stereocenters. The van der Waals surface area contributed by atoms with Crippen LogP contribution in [0.4, 0.5) is 13.2 Å². The van der Waals surface area contributed by atoms with Crippen molar-refractivity contribution in [3.63, 3.8) is 0 Å². The molecule has 0 aliphatic heterocycles. The van der Waals surface area contributed by atoms with Crippen molar-refractivity contribution < 1.29 is 22.6 Å². The molecule has 0 aromatic rings. The fourth-order valence-corrected chi connectivity index (χ4v) is 1.28. The number of halogens is 3. The van der Waals surface area contributed by atoms with Crippen molar-refractivity contribution in [2.24, 2.45) is 0 Å². The summed E-state index contributed by atoms with van der Waals surface area (Å²) in [6, 6.07) is 0. The third kappa shape index (κ3) is 15.7. The standard InChI is InChI=1S/C12H24F3NO2/c1-11(2)18-9-4-3-6-16-7-5-8-17-10-12(13,14)15/h11,16H,3-10H2,1-2H3. The minimum absolute atomic E-state index is 0.142. The van der Waals surface area contributed by atoms with E-state index in [1.807, 2.05) is 13.8 Å². The molecule has 0 radical (unpaired) electrons. The Hall–Kier alpha value is -0.330. The van der Waals surface area contributed by atoms with Crippen LogP contribution in [0.3, 0.4) is 0 Å². The minimum atomic E-state index is -4.22. The van der Waals surface area contributed by atoms with Gasteiger partial charge < -0.3 is 14.8 Å². The Balaban J connectivity index is 3.04. The van der Waals surface area contributed by atoms with Gasteiger partial charge in [0.15, 0.2) is 0 Å². The number of rotatable bonds is 11. The zero-order valence-electron chi connectivity index (χ0n) is 11.2. The second-order valence-corrected chi connectivity index (χ2v) is 4.40. The fourth-order valence-electron chi connectivity index (χ4n) is 1.28. The molecule has 0 saturated carbocycles. The molecule has 0 saturated heterocycles. The van der Waals surface area contributed by atoms with Gasteiger partial charge in [-0.15, -0.1) is 0 Å². The molecule has 0 aromatic heterocycles. The van der Waals surface area contributed by atoms with Crippen LogP contribution in [0.2, 0.25) is 0 Å².